The van der Waals surface area contributed by atoms with Crippen molar-refractivity contribution in [2.45, 2.75) is 56.1 Å². The van der Waals surface area contributed by atoms with E-state index in [4.69, 9.17) is 4.74 Å². The molecule has 1 saturated heterocycles. The average molecular weight is 284 g/mol. The molecular formula is C18H24N2O. The molecule has 0 bridgehead atoms. The number of hydrogen-bond acceptors (Lipinski definition) is 3. The molecule has 3 unspecified atom stereocenters. The monoisotopic (exact) mass is 284 g/mol. The summed E-state index contributed by atoms with van der Waals surface area (Å²) < 4.78 is 5.70. The second-order valence-electron chi connectivity index (χ2n) is 6.31. The van der Waals surface area contributed by atoms with Crippen molar-refractivity contribution in [3.63, 3.8) is 0 Å². The normalized spacial score (nSPS) is 32.7. The molecule has 0 aromatic heterocycles. The molecule has 3 nitrogen and oxygen atoms in total. The summed E-state index contributed by atoms with van der Waals surface area (Å²) in [5, 5.41) is 13.5. The minimum atomic E-state index is -0.425. The van der Waals surface area contributed by atoms with Crippen molar-refractivity contribution in [1.29, 1.82) is 5.26 Å². The van der Waals surface area contributed by atoms with Crippen molar-refractivity contribution >= 4 is 0 Å². The SMILES string of the molecule is N#CC1(NCC2CCCO2)CCCCC1c1ccccc1. The molecule has 1 heterocycles. The molecule has 0 spiro atoms. The molecule has 2 fully saturated rings. The number of rotatable bonds is 4. The summed E-state index contributed by atoms with van der Waals surface area (Å²) in [5.41, 5.74) is 0.865. The fraction of sp³-hybridized carbons (Fsp3) is 0.611. The van der Waals surface area contributed by atoms with Gasteiger partial charge in [-0.05, 0) is 31.2 Å². The van der Waals surface area contributed by atoms with Gasteiger partial charge >= 0.3 is 0 Å². The van der Waals surface area contributed by atoms with Gasteiger partial charge in [-0.2, -0.15) is 5.26 Å². The first-order valence-corrected chi connectivity index (χ1v) is 8.17. The fourth-order valence-corrected chi connectivity index (χ4v) is 3.80. The molecule has 1 saturated carbocycles. The first-order valence-electron chi connectivity index (χ1n) is 8.17. The van der Waals surface area contributed by atoms with Gasteiger partial charge < -0.3 is 4.74 Å². The van der Waals surface area contributed by atoms with E-state index in [1.54, 1.807) is 0 Å². The maximum Gasteiger partial charge on any atom is 0.113 e. The van der Waals surface area contributed by atoms with E-state index >= 15 is 0 Å². The van der Waals surface area contributed by atoms with Gasteiger partial charge in [0.15, 0.2) is 0 Å². The Hall–Kier alpha value is -1.37. The highest BCUT2D eigenvalue weighted by Gasteiger charge is 2.42. The molecule has 1 aliphatic heterocycles. The zero-order valence-electron chi connectivity index (χ0n) is 12.6. The Morgan fingerprint density at radius 2 is 2.05 bits per heavy atom. The van der Waals surface area contributed by atoms with Crippen molar-refractivity contribution in [2.24, 2.45) is 0 Å². The van der Waals surface area contributed by atoms with Gasteiger partial charge in [-0.25, -0.2) is 0 Å². The first-order chi connectivity index (χ1) is 10.3. The van der Waals surface area contributed by atoms with E-state index in [1.807, 2.05) is 6.07 Å². The van der Waals surface area contributed by atoms with Gasteiger partial charge in [0.05, 0.1) is 12.2 Å². The molecule has 1 aliphatic carbocycles. The summed E-state index contributed by atoms with van der Waals surface area (Å²) in [6.07, 6.45) is 6.93. The summed E-state index contributed by atoms with van der Waals surface area (Å²) in [5.74, 6) is 0.291. The lowest BCUT2D eigenvalue weighted by Crippen LogP contribution is -2.52. The van der Waals surface area contributed by atoms with E-state index in [1.165, 1.54) is 12.0 Å². The summed E-state index contributed by atoms with van der Waals surface area (Å²) in [7, 11) is 0. The van der Waals surface area contributed by atoms with Crippen LogP contribution in [0.2, 0.25) is 0 Å². The van der Waals surface area contributed by atoms with Crippen molar-refractivity contribution in [2.75, 3.05) is 13.2 Å². The van der Waals surface area contributed by atoms with Gasteiger partial charge in [0, 0.05) is 19.1 Å². The van der Waals surface area contributed by atoms with Crippen LogP contribution in [0.4, 0.5) is 0 Å². The Labute approximate surface area is 127 Å². The number of nitriles is 1. The summed E-state index contributed by atoms with van der Waals surface area (Å²) in [6, 6.07) is 13.1. The standard InChI is InChI=1S/C18H24N2O/c19-14-18(20-13-16-9-6-12-21-16)11-5-4-10-17(18)15-7-2-1-3-8-15/h1-3,7-8,16-17,20H,4-6,9-13H2. The summed E-state index contributed by atoms with van der Waals surface area (Å²) in [4.78, 5) is 0. The Morgan fingerprint density at radius 3 is 2.76 bits per heavy atom. The molecule has 112 valence electrons. The van der Waals surface area contributed by atoms with E-state index < -0.39 is 5.54 Å². The Morgan fingerprint density at radius 1 is 1.19 bits per heavy atom. The van der Waals surface area contributed by atoms with Crippen LogP contribution in [0.25, 0.3) is 0 Å². The third kappa shape index (κ3) is 3.12. The number of hydrogen-bond donors (Lipinski definition) is 1. The van der Waals surface area contributed by atoms with Gasteiger partial charge in [-0.1, -0.05) is 43.2 Å². The van der Waals surface area contributed by atoms with Crippen molar-refractivity contribution in [3.8, 4) is 6.07 Å². The topological polar surface area (TPSA) is 45.0 Å². The van der Waals surface area contributed by atoms with E-state index in [0.717, 1.165) is 45.3 Å². The summed E-state index contributed by atoms with van der Waals surface area (Å²) >= 11 is 0. The molecule has 3 heteroatoms. The molecule has 0 radical (unpaired) electrons. The van der Waals surface area contributed by atoms with Crippen molar-refractivity contribution < 1.29 is 4.74 Å². The van der Waals surface area contributed by atoms with Crippen LogP contribution in [0.1, 0.15) is 50.0 Å². The molecular weight excluding hydrogens is 260 g/mol. The Balaban J connectivity index is 1.77. The number of nitrogens with zero attached hydrogens (tertiary/aromatic N) is 1. The first kappa shape index (κ1) is 14.6. The van der Waals surface area contributed by atoms with Crippen molar-refractivity contribution in [3.05, 3.63) is 35.9 Å². The fourth-order valence-electron chi connectivity index (χ4n) is 3.80. The lowest BCUT2D eigenvalue weighted by atomic mass is 9.70. The lowest BCUT2D eigenvalue weighted by molar-refractivity contribution is 0.0985. The largest absolute Gasteiger partial charge is 0.377 e. The third-order valence-corrected chi connectivity index (χ3v) is 4.98. The maximum atomic E-state index is 9.89. The summed E-state index contributed by atoms with van der Waals surface area (Å²) in [6.45, 7) is 1.67. The van der Waals surface area contributed by atoms with Crippen molar-refractivity contribution in [1.82, 2.24) is 5.32 Å². The van der Waals surface area contributed by atoms with E-state index in [9.17, 15) is 5.26 Å². The molecule has 21 heavy (non-hydrogen) atoms. The van der Waals surface area contributed by atoms with Crippen LogP contribution in [0.5, 0.6) is 0 Å². The van der Waals surface area contributed by atoms with Gasteiger partial charge in [0.2, 0.25) is 0 Å². The van der Waals surface area contributed by atoms with E-state index in [2.05, 4.69) is 35.7 Å². The van der Waals surface area contributed by atoms with Gasteiger partial charge in [-0.3, -0.25) is 5.32 Å². The van der Waals surface area contributed by atoms with E-state index in [0.29, 0.717) is 5.92 Å². The van der Waals surface area contributed by atoms with Crippen LogP contribution in [0.3, 0.4) is 0 Å². The maximum absolute atomic E-state index is 9.89. The highest BCUT2D eigenvalue weighted by molar-refractivity contribution is 5.30. The molecule has 3 rings (SSSR count). The van der Waals surface area contributed by atoms with Gasteiger partial charge in [0.25, 0.3) is 0 Å². The molecule has 1 aromatic carbocycles. The second kappa shape index (κ2) is 6.60. The number of benzene rings is 1. The minimum absolute atomic E-state index is 0.286. The lowest BCUT2D eigenvalue weighted by Gasteiger charge is -2.40. The zero-order chi connectivity index (χ0) is 14.5. The number of nitrogens with one attached hydrogen (secondary N) is 1. The predicted octanol–water partition coefficient (Wildman–Crippen LogP) is 3.38. The van der Waals surface area contributed by atoms with E-state index in [-0.39, 0.29) is 6.10 Å². The van der Waals surface area contributed by atoms with Crippen LogP contribution in [0, 0.1) is 11.3 Å². The van der Waals surface area contributed by atoms with Gasteiger partial charge in [0.1, 0.15) is 5.54 Å². The highest BCUT2D eigenvalue weighted by Crippen LogP contribution is 2.40. The highest BCUT2D eigenvalue weighted by atomic mass is 16.5. The predicted molar refractivity (Wildman–Crippen MR) is 83.0 cm³/mol. The zero-order valence-corrected chi connectivity index (χ0v) is 12.6. The van der Waals surface area contributed by atoms with Crippen LogP contribution >= 0.6 is 0 Å². The number of ether oxygens (including phenoxy) is 1. The smallest absolute Gasteiger partial charge is 0.113 e. The third-order valence-electron chi connectivity index (χ3n) is 4.98. The quantitative estimate of drug-likeness (QED) is 0.922. The average Bonchev–Trinajstić information content (AvgIpc) is 3.07. The van der Waals surface area contributed by atoms with Crippen LogP contribution in [0.15, 0.2) is 30.3 Å². The molecule has 2 aliphatic rings. The van der Waals surface area contributed by atoms with Crippen LogP contribution in [-0.2, 0) is 4.74 Å². The van der Waals surface area contributed by atoms with Crippen LogP contribution in [-0.4, -0.2) is 24.8 Å². The van der Waals surface area contributed by atoms with Crippen LogP contribution < -0.4 is 5.32 Å². The van der Waals surface area contributed by atoms with Gasteiger partial charge in [-0.15, -0.1) is 0 Å². The molecule has 1 aromatic rings. The molecule has 0 amide bonds. The minimum Gasteiger partial charge on any atom is -0.377 e. The molecule has 1 N–H and O–H groups in total. The Bertz CT molecular complexity index is 490. The second-order valence-corrected chi connectivity index (χ2v) is 6.31. The Kier molecular flexibility index (Phi) is 4.57. The molecule has 3 atom stereocenters.